The second-order valence-corrected chi connectivity index (χ2v) is 9.82. The maximum absolute atomic E-state index is 13.6. The molecule has 5 heterocycles. The van der Waals surface area contributed by atoms with Crippen molar-refractivity contribution in [2.75, 3.05) is 0 Å². The van der Waals surface area contributed by atoms with Crippen LogP contribution >= 0.6 is 0 Å². The zero-order valence-electron chi connectivity index (χ0n) is 19.5. The first-order chi connectivity index (χ1) is 16.4. The summed E-state index contributed by atoms with van der Waals surface area (Å²) in [5.74, 6) is -0.0317. The van der Waals surface area contributed by atoms with Gasteiger partial charge >= 0.3 is 0 Å². The quantitative estimate of drug-likeness (QED) is 0.601. The molecule has 2 N–H and O–H groups in total. The molecule has 2 atom stereocenters. The zero-order valence-corrected chi connectivity index (χ0v) is 19.5. The Morgan fingerprint density at radius 2 is 2.03 bits per heavy atom. The van der Waals surface area contributed by atoms with Crippen LogP contribution in [0.1, 0.15) is 39.2 Å². The molecule has 3 aromatic rings. The number of rotatable bonds is 3. The SMILES string of the molecule is CC[C@@]1(c2cccc(-c3ccnc4ccncc34)c2)C2=CN=NC2NC2=C1C(=O)NC(C)(C)C2. The van der Waals surface area contributed by atoms with Gasteiger partial charge in [-0.1, -0.05) is 25.1 Å². The highest BCUT2D eigenvalue weighted by molar-refractivity contribution is 6.00. The van der Waals surface area contributed by atoms with Gasteiger partial charge in [-0.25, -0.2) is 0 Å². The first-order valence-electron chi connectivity index (χ1n) is 11.7. The number of nitrogens with one attached hydrogen (secondary N) is 2. The minimum Gasteiger partial charge on any atom is -0.362 e. The molecule has 0 saturated heterocycles. The number of carbonyl (C=O) groups excluding carboxylic acids is 1. The Morgan fingerprint density at radius 3 is 2.88 bits per heavy atom. The standard InChI is InChI=1S/C27H26N6O/c1-4-27(20-15-30-33-24(20)31-22-13-26(2,3)32-25(34)23(22)27)17-7-5-6-16(12-17)18-8-11-29-21-9-10-28-14-19(18)21/h5-12,14-15,24,31H,4,13H2,1-3H3,(H,32,34)/t24?,27-/m1/s1. The van der Waals surface area contributed by atoms with Gasteiger partial charge in [0.2, 0.25) is 0 Å². The van der Waals surface area contributed by atoms with Crippen molar-refractivity contribution >= 4 is 16.8 Å². The molecule has 3 aliphatic heterocycles. The van der Waals surface area contributed by atoms with E-state index in [1.54, 1.807) is 6.20 Å². The topological polar surface area (TPSA) is 91.6 Å². The average molecular weight is 451 g/mol. The van der Waals surface area contributed by atoms with E-state index in [1.807, 2.05) is 30.7 Å². The third kappa shape index (κ3) is 2.93. The van der Waals surface area contributed by atoms with Gasteiger partial charge in [0.25, 0.3) is 5.91 Å². The molecule has 1 unspecified atom stereocenters. The fourth-order valence-electron chi connectivity index (χ4n) is 5.80. The van der Waals surface area contributed by atoms with Crippen LogP contribution in [0.3, 0.4) is 0 Å². The summed E-state index contributed by atoms with van der Waals surface area (Å²) in [6.07, 6.45) is 8.45. The van der Waals surface area contributed by atoms with E-state index in [2.05, 4.69) is 75.9 Å². The van der Waals surface area contributed by atoms with Crippen LogP contribution in [0.25, 0.3) is 22.0 Å². The molecule has 1 aromatic carbocycles. The van der Waals surface area contributed by atoms with Crippen LogP contribution in [-0.4, -0.2) is 27.6 Å². The second kappa shape index (κ2) is 7.32. The maximum atomic E-state index is 13.6. The number of nitrogens with zero attached hydrogens (tertiary/aromatic N) is 4. The third-order valence-corrected chi connectivity index (χ3v) is 7.24. The zero-order chi connectivity index (χ0) is 23.5. The predicted molar refractivity (Wildman–Crippen MR) is 131 cm³/mol. The fourth-order valence-corrected chi connectivity index (χ4v) is 5.80. The first kappa shape index (κ1) is 20.7. The number of carbonyl (C=O) groups is 1. The summed E-state index contributed by atoms with van der Waals surface area (Å²) in [4.78, 5) is 22.4. The summed E-state index contributed by atoms with van der Waals surface area (Å²) in [6.45, 7) is 6.24. The first-order valence-corrected chi connectivity index (χ1v) is 11.7. The van der Waals surface area contributed by atoms with Crippen molar-refractivity contribution in [2.24, 2.45) is 10.2 Å². The maximum Gasteiger partial charge on any atom is 0.250 e. The molecule has 0 radical (unpaired) electrons. The largest absolute Gasteiger partial charge is 0.362 e. The van der Waals surface area contributed by atoms with E-state index in [4.69, 9.17) is 0 Å². The lowest BCUT2D eigenvalue weighted by molar-refractivity contribution is -0.120. The van der Waals surface area contributed by atoms with Crippen LogP contribution in [0.4, 0.5) is 0 Å². The van der Waals surface area contributed by atoms with E-state index < -0.39 is 5.41 Å². The Balaban J connectivity index is 1.59. The van der Waals surface area contributed by atoms with E-state index in [0.717, 1.165) is 57.3 Å². The summed E-state index contributed by atoms with van der Waals surface area (Å²) < 4.78 is 0. The number of aromatic nitrogens is 2. The molecule has 7 heteroatoms. The Bertz CT molecular complexity index is 1430. The molecule has 0 bridgehead atoms. The van der Waals surface area contributed by atoms with E-state index >= 15 is 0 Å². The molecule has 0 saturated carbocycles. The number of pyridine rings is 2. The average Bonchev–Trinajstić information content (AvgIpc) is 3.30. The summed E-state index contributed by atoms with van der Waals surface area (Å²) >= 11 is 0. The van der Waals surface area contributed by atoms with Gasteiger partial charge in [-0.2, -0.15) is 10.2 Å². The van der Waals surface area contributed by atoms with Crippen molar-refractivity contribution in [3.8, 4) is 11.1 Å². The van der Waals surface area contributed by atoms with Gasteiger partial charge in [-0.3, -0.25) is 14.8 Å². The number of hydrogen-bond acceptors (Lipinski definition) is 6. The minimum absolute atomic E-state index is 0.0317. The Hall–Kier alpha value is -3.87. The lowest BCUT2D eigenvalue weighted by Crippen LogP contribution is -2.58. The van der Waals surface area contributed by atoms with E-state index in [-0.39, 0.29) is 17.6 Å². The molecule has 1 amide bonds. The molecular formula is C27H26N6O. The smallest absolute Gasteiger partial charge is 0.250 e. The van der Waals surface area contributed by atoms with E-state index in [0.29, 0.717) is 0 Å². The van der Waals surface area contributed by atoms with Gasteiger partial charge in [-0.05, 0) is 55.2 Å². The van der Waals surface area contributed by atoms with Crippen LogP contribution < -0.4 is 10.6 Å². The van der Waals surface area contributed by atoms with Gasteiger partial charge in [0, 0.05) is 47.2 Å². The van der Waals surface area contributed by atoms with Crippen molar-refractivity contribution < 1.29 is 4.79 Å². The summed E-state index contributed by atoms with van der Waals surface area (Å²) in [7, 11) is 0. The van der Waals surface area contributed by atoms with Gasteiger partial charge in [-0.15, -0.1) is 0 Å². The van der Waals surface area contributed by atoms with Crippen molar-refractivity contribution in [3.63, 3.8) is 0 Å². The Morgan fingerprint density at radius 1 is 1.15 bits per heavy atom. The van der Waals surface area contributed by atoms with Crippen molar-refractivity contribution in [3.05, 3.63) is 83.6 Å². The minimum atomic E-state index is -0.619. The highest BCUT2D eigenvalue weighted by Gasteiger charge is 2.53. The van der Waals surface area contributed by atoms with Crippen LogP contribution in [0, 0.1) is 0 Å². The lowest BCUT2D eigenvalue weighted by atomic mass is 9.62. The molecule has 34 heavy (non-hydrogen) atoms. The normalized spacial score (nSPS) is 24.9. The van der Waals surface area contributed by atoms with Crippen LogP contribution in [0.15, 0.2) is 88.3 Å². The van der Waals surface area contributed by atoms with Gasteiger partial charge in [0.15, 0.2) is 6.17 Å². The van der Waals surface area contributed by atoms with E-state index in [1.165, 1.54) is 0 Å². The van der Waals surface area contributed by atoms with Gasteiger partial charge in [0.05, 0.1) is 22.7 Å². The van der Waals surface area contributed by atoms with Crippen molar-refractivity contribution in [1.29, 1.82) is 0 Å². The molecule has 170 valence electrons. The monoisotopic (exact) mass is 450 g/mol. The Labute approximate surface area is 198 Å². The van der Waals surface area contributed by atoms with Gasteiger partial charge < -0.3 is 10.6 Å². The summed E-state index contributed by atoms with van der Waals surface area (Å²) in [6, 6.07) is 12.4. The molecule has 7 nitrogen and oxygen atoms in total. The fraction of sp³-hybridized carbons (Fsp3) is 0.296. The Kier molecular flexibility index (Phi) is 4.46. The molecule has 2 aromatic heterocycles. The van der Waals surface area contributed by atoms with Crippen LogP contribution in [0.5, 0.6) is 0 Å². The molecule has 0 aliphatic carbocycles. The summed E-state index contributed by atoms with van der Waals surface area (Å²) in [5.41, 5.74) is 5.90. The third-order valence-electron chi connectivity index (χ3n) is 7.24. The van der Waals surface area contributed by atoms with Crippen molar-refractivity contribution in [1.82, 2.24) is 20.6 Å². The predicted octanol–water partition coefficient (Wildman–Crippen LogP) is 4.78. The highest BCUT2D eigenvalue weighted by Crippen LogP contribution is 2.51. The van der Waals surface area contributed by atoms with E-state index in [9.17, 15) is 4.79 Å². The molecule has 0 fully saturated rings. The number of fused-ring (bicyclic) bond motifs is 2. The highest BCUT2D eigenvalue weighted by atomic mass is 16.2. The van der Waals surface area contributed by atoms with Crippen LogP contribution in [-0.2, 0) is 10.2 Å². The molecule has 6 rings (SSSR count). The molecule has 0 spiro atoms. The lowest BCUT2D eigenvalue weighted by Gasteiger charge is -2.48. The van der Waals surface area contributed by atoms with Crippen LogP contribution in [0.2, 0.25) is 0 Å². The molecule has 3 aliphatic rings. The molecular weight excluding hydrogens is 424 g/mol. The summed E-state index contributed by atoms with van der Waals surface area (Å²) in [5, 5.41) is 16.4. The number of benzene rings is 1. The van der Waals surface area contributed by atoms with Gasteiger partial charge in [0.1, 0.15) is 0 Å². The van der Waals surface area contributed by atoms with Crippen molar-refractivity contribution in [2.45, 2.75) is 50.7 Å². The number of hydrogen-bond donors (Lipinski definition) is 2. The number of azo groups is 1. The number of amides is 1. The second-order valence-electron chi connectivity index (χ2n) is 9.82.